The molecule has 1 aromatic heterocycles. The number of rotatable bonds is 8. The molecular weight excluding hydrogens is 320 g/mol. The minimum Gasteiger partial charge on any atom is -0.375 e. The second-order valence-electron chi connectivity index (χ2n) is 5.71. The molecule has 1 aromatic carbocycles. The molecule has 6 heteroatoms. The van der Waals surface area contributed by atoms with E-state index in [-0.39, 0.29) is 6.03 Å². The third kappa shape index (κ3) is 4.96. The number of nitrogens with one attached hydrogen (secondary N) is 1. The molecule has 0 bridgehead atoms. The van der Waals surface area contributed by atoms with E-state index in [4.69, 9.17) is 5.73 Å². The van der Waals surface area contributed by atoms with Crippen LogP contribution < -0.4 is 16.0 Å². The van der Waals surface area contributed by atoms with Crippen LogP contribution in [0.4, 0.5) is 15.6 Å². The molecular formula is C18H26N4OS. The number of amides is 2. The first kappa shape index (κ1) is 18.3. The molecule has 5 nitrogen and oxygen atoms in total. The van der Waals surface area contributed by atoms with Crippen molar-refractivity contribution in [3.8, 4) is 11.3 Å². The normalized spacial score (nSPS) is 10.6. The van der Waals surface area contributed by atoms with Gasteiger partial charge >= 0.3 is 6.03 Å². The number of urea groups is 1. The molecule has 0 aliphatic carbocycles. The molecule has 0 aliphatic heterocycles. The van der Waals surface area contributed by atoms with Gasteiger partial charge < -0.3 is 11.1 Å². The molecule has 3 N–H and O–H groups in total. The molecule has 0 radical (unpaired) electrons. The van der Waals surface area contributed by atoms with E-state index in [2.05, 4.69) is 24.1 Å². The second-order valence-corrected chi connectivity index (χ2v) is 6.60. The van der Waals surface area contributed by atoms with Crippen molar-refractivity contribution in [3.05, 3.63) is 29.6 Å². The molecule has 0 saturated heterocycles. The number of benzene rings is 1. The Balaban J connectivity index is 2.11. The Kier molecular flexibility index (Phi) is 7.06. The van der Waals surface area contributed by atoms with Crippen LogP contribution in [0.25, 0.3) is 11.3 Å². The number of hydrogen-bond acceptors (Lipinski definition) is 4. The van der Waals surface area contributed by atoms with E-state index in [9.17, 15) is 4.79 Å². The first-order valence-electron chi connectivity index (χ1n) is 8.52. The number of hydrogen-bond donors (Lipinski definition) is 2. The minimum atomic E-state index is -0.0254. The van der Waals surface area contributed by atoms with Gasteiger partial charge in [-0.2, -0.15) is 0 Å². The van der Waals surface area contributed by atoms with Crippen molar-refractivity contribution in [2.24, 2.45) is 0 Å². The minimum absolute atomic E-state index is 0.0254. The molecule has 2 amide bonds. The third-order valence-electron chi connectivity index (χ3n) is 3.78. The van der Waals surface area contributed by atoms with Crippen LogP contribution in [0, 0.1) is 0 Å². The number of nitrogens with two attached hydrogens (primary N) is 1. The Hall–Kier alpha value is -2.08. The predicted octanol–water partition coefficient (Wildman–Crippen LogP) is 4.51. The summed E-state index contributed by atoms with van der Waals surface area (Å²) in [6, 6.07) is 7.90. The lowest BCUT2D eigenvalue weighted by atomic mass is 10.1. The van der Waals surface area contributed by atoms with E-state index in [1.807, 2.05) is 34.5 Å². The van der Waals surface area contributed by atoms with Gasteiger partial charge in [0.25, 0.3) is 0 Å². The molecule has 130 valence electrons. The summed E-state index contributed by atoms with van der Waals surface area (Å²) < 4.78 is 0. The molecule has 1 heterocycles. The van der Waals surface area contributed by atoms with Crippen molar-refractivity contribution in [2.45, 2.75) is 39.5 Å². The van der Waals surface area contributed by atoms with Gasteiger partial charge in [-0.15, -0.1) is 11.3 Å². The number of anilines is 2. The molecule has 2 rings (SSSR count). The van der Waals surface area contributed by atoms with Crippen LogP contribution in [-0.2, 0) is 0 Å². The van der Waals surface area contributed by atoms with Crippen molar-refractivity contribution in [3.63, 3.8) is 0 Å². The first-order chi connectivity index (χ1) is 11.7. The molecule has 0 fully saturated rings. The smallest absolute Gasteiger partial charge is 0.321 e. The van der Waals surface area contributed by atoms with Crippen molar-refractivity contribution >= 4 is 28.2 Å². The van der Waals surface area contributed by atoms with E-state index < -0.39 is 0 Å². The van der Waals surface area contributed by atoms with E-state index >= 15 is 0 Å². The number of carbonyl (C=O) groups excluding carboxylic acids is 1. The summed E-state index contributed by atoms with van der Waals surface area (Å²) in [6.07, 6.45) is 4.10. The van der Waals surface area contributed by atoms with Crippen molar-refractivity contribution < 1.29 is 4.79 Å². The van der Waals surface area contributed by atoms with E-state index in [1.54, 1.807) is 0 Å². The largest absolute Gasteiger partial charge is 0.375 e. The lowest BCUT2D eigenvalue weighted by molar-refractivity contribution is 0.246. The summed E-state index contributed by atoms with van der Waals surface area (Å²) in [5, 5.41) is 5.51. The van der Waals surface area contributed by atoms with Crippen molar-refractivity contribution in [2.75, 3.05) is 23.7 Å². The van der Waals surface area contributed by atoms with Crippen LogP contribution in [0.2, 0.25) is 0 Å². The Labute approximate surface area is 147 Å². The fraction of sp³-hybridized carbons (Fsp3) is 0.444. The third-order valence-corrected chi connectivity index (χ3v) is 4.46. The number of nitrogen functional groups attached to an aromatic ring is 1. The van der Waals surface area contributed by atoms with Crippen LogP contribution >= 0.6 is 11.3 Å². The predicted molar refractivity (Wildman–Crippen MR) is 103 cm³/mol. The van der Waals surface area contributed by atoms with Crippen LogP contribution in [0.5, 0.6) is 0 Å². The molecule has 0 spiro atoms. The quantitative estimate of drug-likeness (QED) is 0.691. The van der Waals surface area contributed by atoms with E-state index in [0.717, 1.165) is 49.2 Å². The van der Waals surface area contributed by atoms with Crippen LogP contribution in [0.3, 0.4) is 0 Å². The monoisotopic (exact) mass is 346 g/mol. The number of aromatic nitrogens is 1. The van der Waals surface area contributed by atoms with Crippen molar-refractivity contribution in [1.82, 2.24) is 10.3 Å². The zero-order valence-electron chi connectivity index (χ0n) is 14.4. The molecule has 0 unspecified atom stereocenters. The molecule has 0 atom stereocenters. The summed E-state index contributed by atoms with van der Waals surface area (Å²) >= 11 is 1.43. The molecule has 0 aliphatic rings. The first-order valence-corrected chi connectivity index (χ1v) is 9.40. The average molecular weight is 346 g/mol. The number of nitrogens with zero attached hydrogens (tertiary/aromatic N) is 2. The summed E-state index contributed by atoms with van der Waals surface area (Å²) in [5.74, 6) is 0. The Morgan fingerprint density at radius 1 is 1.21 bits per heavy atom. The molecule has 0 saturated carbocycles. The van der Waals surface area contributed by atoms with Gasteiger partial charge in [0, 0.05) is 29.7 Å². The highest BCUT2D eigenvalue weighted by molar-refractivity contribution is 7.13. The Morgan fingerprint density at radius 2 is 1.92 bits per heavy atom. The van der Waals surface area contributed by atoms with Gasteiger partial charge in [-0.1, -0.05) is 38.8 Å². The van der Waals surface area contributed by atoms with Crippen LogP contribution in [-0.4, -0.2) is 24.1 Å². The lowest BCUT2D eigenvalue weighted by Crippen LogP contribution is -2.41. The topological polar surface area (TPSA) is 71.2 Å². The van der Waals surface area contributed by atoms with Gasteiger partial charge in [0.1, 0.15) is 0 Å². The maximum Gasteiger partial charge on any atom is 0.321 e. The van der Waals surface area contributed by atoms with Gasteiger partial charge in [0.15, 0.2) is 5.13 Å². The molecule has 2 aromatic rings. The standard InChI is InChI=1S/C18H26N4OS/c1-3-5-11-20-18(23)22(12-6-4-2)15-9-7-14(8-10-15)16-13-24-17(19)21-16/h7-10,13H,3-6,11-12H2,1-2H3,(H2,19,21)(H,20,23). The number of unbranched alkanes of at least 4 members (excludes halogenated alkanes) is 2. The molecule has 24 heavy (non-hydrogen) atoms. The maximum absolute atomic E-state index is 12.5. The number of thiazole rings is 1. The van der Waals surface area contributed by atoms with E-state index in [1.165, 1.54) is 11.3 Å². The van der Waals surface area contributed by atoms with Crippen LogP contribution in [0.1, 0.15) is 39.5 Å². The summed E-state index contributed by atoms with van der Waals surface area (Å²) in [7, 11) is 0. The van der Waals surface area contributed by atoms with Crippen LogP contribution in [0.15, 0.2) is 29.6 Å². The van der Waals surface area contributed by atoms with Gasteiger partial charge in [0.05, 0.1) is 5.69 Å². The highest BCUT2D eigenvalue weighted by atomic mass is 32.1. The highest BCUT2D eigenvalue weighted by Crippen LogP contribution is 2.25. The Morgan fingerprint density at radius 3 is 2.50 bits per heavy atom. The summed E-state index contributed by atoms with van der Waals surface area (Å²) in [5.41, 5.74) is 8.48. The lowest BCUT2D eigenvalue weighted by Gasteiger charge is -2.23. The second kappa shape index (κ2) is 9.27. The van der Waals surface area contributed by atoms with Gasteiger partial charge in [-0.05, 0) is 25.0 Å². The Bertz CT molecular complexity index is 639. The number of carbonyl (C=O) groups is 1. The average Bonchev–Trinajstić information content (AvgIpc) is 3.02. The fourth-order valence-electron chi connectivity index (χ4n) is 2.36. The van der Waals surface area contributed by atoms with Gasteiger partial charge in [-0.25, -0.2) is 9.78 Å². The fourth-order valence-corrected chi connectivity index (χ4v) is 2.94. The van der Waals surface area contributed by atoms with Gasteiger partial charge in [-0.3, -0.25) is 4.90 Å². The summed E-state index contributed by atoms with van der Waals surface area (Å²) in [4.78, 5) is 18.6. The SMILES string of the molecule is CCCCNC(=O)N(CCCC)c1ccc(-c2csc(N)n2)cc1. The maximum atomic E-state index is 12.5. The summed E-state index contributed by atoms with van der Waals surface area (Å²) in [6.45, 7) is 5.68. The van der Waals surface area contributed by atoms with Gasteiger partial charge in [0.2, 0.25) is 0 Å². The van der Waals surface area contributed by atoms with Crippen molar-refractivity contribution in [1.29, 1.82) is 0 Å². The highest BCUT2D eigenvalue weighted by Gasteiger charge is 2.15. The van der Waals surface area contributed by atoms with E-state index in [0.29, 0.717) is 11.7 Å². The zero-order valence-corrected chi connectivity index (χ0v) is 15.2. The zero-order chi connectivity index (χ0) is 17.4.